The SMILES string of the molecule is COc1ccc(CN2C(=O)c3nc(Cl)ccc3C23CCOCC3)cc1. The Morgan fingerprint density at radius 2 is 1.92 bits per heavy atom. The Hall–Kier alpha value is -2.11. The molecule has 5 nitrogen and oxygen atoms in total. The van der Waals surface area contributed by atoms with Crippen molar-refractivity contribution < 1.29 is 14.3 Å². The summed E-state index contributed by atoms with van der Waals surface area (Å²) in [5, 5.41) is 0.348. The lowest BCUT2D eigenvalue weighted by Crippen LogP contribution is -2.47. The molecule has 2 aliphatic heterocycles. The van der Waals surface area contributed by atoms with Crippen LogP contribution in [-0.2, 0) is 16.8 Å². The van der Waals surface area contributed by atoms with Gasteiger partial charge in [-0.2, -0.15) is 0 Å². The second-order valence-electron chi connectivity index (χ2n) is 6.41. The first-order chi connectivity index (χ1) is 12.1. The van der Waals surface area contributed by atoms with Gasteiger partial charge in [-0.05, 0) is 36.6 Å². The van der Waals surface area contributed by atoms with E-state index in [1.807, 2.05) is 35.2 Å². The molecule has 1 aromatic carbocycles. The van der Waals surface area contributed by atoms with Crippen LogP contribution in [0.15, 0.2) is 36.4 Å². The van der Waals surface area contributed by atoms with Gasteiger partial charge in [-0.1, -0.05) is 29.8 Å². The number of pyridine rings is 1. The van der Waals surface area contributed by atoms with Crippen LogP contribution in [0.3, 0.4) is 0 Å². The number of carbonyl (C=O) groups excluding carboxylic acids is 1. The zero-order valence-electron chi connectivity index (χ0n) is 14.0. The van der Waals surface area contributed by atoms with Gasteiger partial charge in [-0.25, -0.2) is 4.98 Å². The van der Waals surface area contributed by atoms with Crippen LogP contribution in [-0.4, -0.2) is 36.1 Å². The van der Waals surface area contributed by atoms with Crippen LogP contribution in [0, 0.1) is 0 Å². The van der Waals surface area contributed by atoms with Gasteiger partial charge in [0, 0.05) is 25.3 Å². The highest BCUT2D eigenvalue weighted by molar-refractivity contribution is 6.29. The van der Waals surface area contributed by atoms with Crippen LogP contribution < -0.4 is 4.74 Å². The Kier molecular flexibility index (Phi) is 4.13. The summed E-state index contributed by atoms with van der Waals surface area (Å²) >= 11 is 6.04. The monoisotopic (exact) mass is 358 g/mol. The number of rotatable bonds is 3. The molecular weight excluding hydrogens is 340 g/mol. The van der Waals surface area contributed by atoms with Crippen molar-refractivity contribution in [1.82, 2.24) is 9.88 Å². The van der Waals surface area contributed by atoms with Crippen LogP contribution in [0.4, 0.5) is 0 Å². The highest BCUT2D eigenvalue weighted by Crippen LogP contribution is 2.46. The molecule has 1 aromatic heterocycles. The van der Waals surface area contributed by atoms with Crippen molar-refractivity contribution in [3.8, 4) is 5.75 Å². The highest BCUT2D eigenvalue weighted by Gasteiger charge is 2.51. The summed E-state index contributed by atoms with van der Waals surface area (Å²) in [6.07, 6.45) is 1.54. The van der Waals surface area contributed by atoms with Crippen molar-refractivity contribution in [1.29, 1.82) is 0 Å². The Morgan fingerprint density at radius 1 is 1.20 bits per heavy atom. The molecule has 1 amide bonds. The number of methoxy groups -OCH3 is 1. The minimum Gasteiger partial charge on any atom is -0.497 e. The maximum Gasteiger partial charge on any atom is 0.273 e. The first-order valence-corrected chi connectivity index (χ1v) is 8.71. The van der Waals surface area contributed by atoms with Crippen molar-refractivity contribution in [3.63, 3.8) is 0 Å². The van der Waals surface area contributed by atoms with Gasteiger partial charge in [-0.3, -0.25) is 4.79 Å². The molecule has 2 aromatic rings. The summed E-state index contributed by atoms with van der Waals surface area (Å²) in [7, 11) is 1.64. The number of fused-ring (bicyclic) bond motifs is 2. The van der Waals surface area contributed by atoms with E-state index in [4.69, 9.17) is 21.1 Å². The average molecular weight is 359 g/mol. The quantitative estimate of drug-likeness (QED) is 0.789. The molecule has 130 valence electrons. The topological polar surface area (TPSA) is 51.7 Å². The van der Waals surface area contributed by atoms with Crippen LogP contribution in [0.25, 0.3) is 0 Å². The number of benzene rings is 1. The highest BCUT2D eigenvalue weighted by atomic mass is 35.5. The molecule has 1 spiro atoms. The van der Waals surface area contributed by atoms with Gasteiger partial charge in [0.15, 0.2) is 0 Å². The molecule has 0 unspecified atom stereocenters. The largest absolute Gasteiger partial charge is 0.497 e. The lowest BCUT2D eigenvalue weighted by atomic mass is 9.83. The first-order valence-electron chi connectivity index (χ1n) is 8.34. The summed E-state index contributed by atoms with van der Waals surface area (Å²) < 4.78 is 10.8. The number of aromatic nitrogens is 1. The zero-order valence-corrected chi connectivity index (χ0v) is 14.8. The van der Waals surface area contributed by atoms with E-state index in [0.717, 1.165) is 29.7 Å². The summed E-state index contributed by atoms with van der Waals surface area (Å²) in [5.74, 6) is 0.740. The van der Waals surface area contributed by atoms with Gasteiger partial charge in [0.1, 0.15) is 16.6 Å². The number of nitrogens with zero attached hydrogens (tertiary/aromatic N) is 2. The van der Waals surface area contributed by atoms with Crippen LogP contribution in [0.5, 0.6) is 5.75 Å². The predicted molar refractivity (Wildman–Crippen MR) is 93.8 cm³/mol. The molecule has 3 heterocycles. The fourth-order valence-corrected chi connectivity index (χ4v) is 3.97. The van der Waals surface area contributed by atoms with Crippen molar-refractivity contribution in [2.45, 2.75) is 24.9 Å². The smallest absolute Gasteiger partial charge is 0.273 e. The standard InChI is InChI=1S/C19H19ClN2O3/c1-24-14-4-2-13(3-5-14)12-22-18(23)17-15(6-7-16(20)21-17)19(22)8-10-25-11-9-19/h2-7H,8-12H2,1H3. The molecule has 0 atom stereocenters. The fourth-order valence-electron chi connectivity index (χ4n) is 3.83. The van der Waals surface area contributed by atoms with E-state index in [9.17, 15) is 4.79 Å². The van der Waals surface area contributed by atoms with E-state index in [1.165, 1.54) is 0 Å². The van der Waals surface area contributed by atoms with Crippen LogP contribution in [0.2, 0.25) is 5.15 Å². The van der Waals surface area contributed by atoms with Gasteiger partial charge in [0.25, 0.3) is 5.91 Å². The lowest BCUT2D eigenvalue weighted by molar-refractivity contribution is -0.0179. The lowest BCUT2D eigenvalue weighted by Gasteiger charge is -2.42. The van der Waals surface area contributed by atoms with Gasteiger partial charge < -0.3 is 14.4 Å². The van der Waals surface area contributed by atoms with E-state index >= 15 is 0 Å². The van der Waals surface area contributed by atoms with E-state index < -0.39 is 0 Å². The zero-order chi connectivity index (χ0) is 17.4. The normalized spacial score (nSPS) is 18.5. The number of hydrogen-bond acceptors (Lipinski definition) is 4. The first kappa shape index (κ1) is 16.4. The van der Waals surface area contributed by atoms with Crippen molar-refractivity contribution in [3.05, 3.63) is 58.4 Å². The van der Waals surface area contributed by atoms with E-state index in [0.29, 0.717) is 30.6 Å². The molecule has 0 saturated carbocycles. The maximum atomic E-state index is 13.1. The van der Waals surface area contributed by atoms with Crippen molar-refractivity contribution >= 4 is 17.5 Å². The number of ether oxygens (including phenoxy) is 2. The molecule has 25 heavy (non-hydrogen) atoms. The van der Waals surface area contributed by atoms with Crippen molar-refractivity contribution in [2.75, 3.05) is 20.3 Å². The predicted octanol–water partition coefficient (Wildman–Crippen LogP) is 3.41. The second-order valence-corrected chi connectivity index (χ2v) is 6.80. The molecule has 0 bridgehead atoms. The van der Waals surface area contributed by atoms with E-state index in [2.05, 4.69) is 4.98 Å². The van der Waals surface area contributed by atoms with Gasteiger partial charge in [0.05, 0.1) is 12.6 Å². The molecule has 0 aliphatic carbocycles. The third-order valence-corrected chi connectivity index (χ3v) is 5.36. The fraction of sp³-hybridized carbons (Fsp3) is 0.368. The Labute approximate surface area is 151 Å². The third kappa shape index (κ3) is 2.68. The molecule has 1 fully saturated rings. The maximum absolute atomic E-state index is 13.1. The third-order valence-electron chi connectivity index (χ3n) is 5.15. The summed E-state index contributed by atoms with van der Waals surface area (Å²) in [6, 6.07) is 11.5. The van der Waals surface area contributed by atoms with Crippen LogP contribution >= 0.6 is 11.6 Å². The minimum atomic E-state index is -0.359. The van der Waals surface area contributed by atoms with Gasteiger partial charge >= 0.3 is 0 Å². The number of carbonyl (C=O) groups is 1. The summed E-state index contributed by atoms with van der Waals surface area (Å²) in [5.41, 5.74) is 2.14. The molecule has 4 rings (SSSR count). The Bertz CT molecular complexity index is 801. The van der Waals surface area contributed by atoms with Crippen LogP contribution in [0.1, 0.15) is 34.5 Å². The molecular formula is C19H19ClN2O3. The van der Waals surface area contributed by atoms with E-state index in [1.54, 1.807) is 13.2 Å². The number of amides is 1. The summed E-state index contributed by atoms with van der Waals surface area (Å²) in [6.45, 7) is 1.79. The second kappa shape index (κ2) is 6.32. The van der Waals surface area contributed by atoms with Gasteiger partial charge in [-0.15, -0.1) is 0 Å². The molecule has 2 aliphatic rings. The Balaban J connectivity index is 1.73. The van der Waals surface area contributed by atoms with Gasteiger partial charge in [0.2, 0.25) is 0 Å². The molecule has 0 N–H and O–H groups in total. The minimum absolute atomic E-state index is 0.0600. The Morgan fingerprint density at radius 3 is 2.60 bits per heavy atom. The number of halogens is 1. The number of hydrogen-bond donors (Lipinski definition) is 0. The molecule has 1 saturated heterocycles. The average Bonchev–Trinajstić information content (AvgIpc) is 2.85. The summed E-state index contributed by atoms with van der Waals surface area (Å²) in [4.78, 5) is 19.3. The molecule has 0 radical (unpaired) electrons. The van der Waals surface area contributed by atoms with E-state index in [-0.39, 0.29) is 11.4 Å². The van der Waals surface area contributed by atoms with Crippen molar-refractivity contribution in [2.24, 2.45) is 0 Å². The molecule has 6 heteroatoms.